The summed E-state index contributed by atoms with van der Waals surface area (Å²) in [6, 6.07) is 65.9. The highest BCUT2D eigenvalue weighted by Gasteiger charge is 2.34. The summed E-state index contributed by atoms with van der Waals surface area (Å²) in [5, 5.41) is 21.5. The molecule has 0 unspecified atom stereocenters. The molecule has 9 aromatic carbocycles. The summed E-state index contributed by atoms with van der Waals surface area (Å²) < 4.78 is 9.71. The standard InChI is InChI=1S/C62H40N4S2/c1-64-55-53(38-20-7-3-8-21-38)49(36-63)57(65-50-29-14-11-24-41(50)44-28-17-27-40(56(44)65)37-18-5-2-6-19-37)54(39-22-9-4-10-23-39)60(55)66-58-45(32-34-47-42-25-12-15-30-51(42)67-61(47)58)46-33-35-48-43-26-13-16-31-52(43)68-62(48)59(46)66/h3-4,7-17,20-35,37H,2,5-6,18-19H2. The molecule has 320 valence electrons. The van der Waals surface area contributed by atoms with Crippen LogP contribution < -0.4 is 0 Å². The third kappa shape index (κ3) is 5.51. The number of fused-ring (bicyclic) bond motifs is 14. The van der Waals surface area contributed by atoms with E-state index in [1.807, 2.05) is 40.9 Å². The van der Waals surface area contributed by atoms with E-state index in [1.54, 1.807) is 0 Å². The summed E-state index contributed by atoms with van der Waals surface area (Å²) in [4.78, 5) is 4.67. The number of hydrogen-bond donors (Lipinski definition) is 0. The van der Waals surface area contributed by atoms with Crippen molar-refractivity contribution in [1.82, 2.24) is 9.13 Å². The molecular formula is C62H40N4S2. The largest absolute Gasteiger partial charge is 0.316 e. The average molecular weight is 905 g/mol. The Labute approximate surface area is 400 Å². The van der Waals surface area contributed by atoms with Crippen molar-refractivity contribution in [3.63, 3.8) is 0 Å². The Hall–Kier alpha value is -8.00. The third-order valence-corrected chi connectivity index (χ3v) is 17.2. The topological polar surface area (TPSA) is 38.0 Å². The lowest BCUT2D eigenvalue weighted by Crippen LogP contribution is -2.11. The van der Waals surface area contributed by atoms with Gasteiger partial charge in [-0.1, -0.05) is 177 Å². The second-order valence-electron chi connectivity index (χ2n) is 18.3. The summed E-state index contributed by atoms with van der Waals surface area (Å²) in [7, 11) is 0. The van der Waals surface area contributed by atoms with Crippen molar-refractivity contribution in [2.24, 2.45) is 0 Å². The van der Waals surface area contributed by atoms with Crippen LogP contribution in [0.3, 0.4) is 0 Å². The number of thiophene rings is 2. The molecule has 4 heterocycles. The molecule has 0 saturated heterocycles. The Morgan fingerprint density at radius 1 is 0.471 bits per heavy atom. The first-order chi connectivity index (χ1) is 33.7. The molecule has 0 amide bonds. The van der Waals surface area contributed by atoms with Crippen LogP contribution in [-0.2, 0) is 0 Å². The number of benzene rings is 9. The normalized spacial score (nSPS) is 13.5. The predicted molar refractivity (Wildman–Crippen MR) is 289 cm³/mol. The van der Waals surface area contributed by atoms with Gasteiger partial charge in [-0.3, -0.25) is 0 Å². The minimum atomic E-state index is 0.386. The molecule has 0 atom stereocenters. The fourth-order valence-electron chi connectivity index (χ4n) is 11.9. The monoisotopic (exact) mass is 904 g/mol. The number of hydrogen-bond acceptors (Lipinski definition) is 3. The minimum absolute atomic E-state index is 0.386. The molecule has 4 nitrogen and oxygen atoms in total. The number of rotatable bonds is 5. The molecule has 6 heteroatoms. The fourth-order valence-corrected chi connectivity index (χ4v) is 14.4. The zero-order valence-electron chi connectivity index (χ0n) is 37.0. The van der Waals surface area contributed by atoms with Gasteiger partial charge in [-0.05, 0) is 53.6 Å². The van der Waals surface area contributed by atoms with E-state index < -0.39 is 0 Å². The van der Waals surface area contributed by atoms with E-state index in [2.05, 4.69) is 178 Å². The SMILES string of the molecule is [C-]#[N+]c1c(-c2ccccc2)c(C#N)c(-n2c3ccccc3c3cccc(C4CCCCC4)c32)c(-c2ccccc2)c1-n1c2c(ccc3c4ccccc4sc32)c2ccc3c4ccccc4sc3c21. The lowest BCUT2D eigenvalue weighted by Gasteiger charge is -2.27. The maximum absolute atomic E-state index is 12.1. The highest BCUT2D eigenvalue weighted by Crippen LogP contribution is 2.55. The van der Waals surface area contributed by atoms with Crippen LogP contribution in [0.4, 0.5) is 5.69 Å². The first kappa shape index (κ1) is 39.2. The van der Waals surface area contributed by atoms with E-state index >= 15 is 0 Å². The summed E-state index contributed by atoms with van der Waals surface area (Å²) in [5.74, 6) is 0.386. The molecule has 1 aliphatic carbocycles. The van der Waals surface area contributed by atoms with Crippen LogP contribution in [0, 0.1) is 17.9 Å². The lowest BCUT2D eigenvalue weighted by molar-refractivity contribution is 0.445. The maximum atomic E-state index is 12.1. The molecule has 68 heavy (non-hydrogen) atoms. The van der Waals surface area contributed by atoms with Gasteiger partial charge >= 0.3 is 0 Å². The van der Waals surface area contributed by atoms with Crippen LogP contribution in [0.2, 0.25) is 0 Å². The lowest BCUT2D eigenvalue weighted by atomic mass is 9.83. The molecule has 1 saturated carbocycles. The smallest absolute Gasteiger partial charge is 0.220 e. The van der Waals surface area contributed by atoms with Gasteiger partial charge in [0.2, 0.25) is 5.69 Å². The fraction of sp³-hybridized carbons (Fsp3) is 0.0968. The summed E-state index contributed by atoms with van der Waals surface area (Å²) in [6.07, 6.45) is 5.92. The quantitative estimate of drug-likeness (QED) is 0.159. The number of nitriles is 1. The van der Waals surface area contributed by atoms with Gasteiger partial charge in [-0.25, -0.2) is 4.85 Å². The molecular weight excluding hydrogens is 865 g/mol. The van der Waals surface area contributed by atoms with E-state index in [4.69, 9.17) is 0 Å². The minimum Gasteiger partial charge on any atom is -0.316 e. The first-order valence-electron chi connectivity index (χ1n) is 23.6. The highest BCUT2D eigenvalue weighted by molar-refractivity contribution is 7.27. The molecule has 0 spiro atoms. The maximum Gasteiger partial charge on any atom is 0.220 e. The molecule has 4 aromatic heterocycles. The van der Waals surface area contributed by atoms with Crippen LogP contribution in [-0.4, -0.2) is 9.13 Å². The molecule has 1 fully saturated rings. The zero-order valence-corrected chi connectivity index (χ0v) is 38.6. The summed E-state index contributed by atoms with van der Waals surface area (Å²) in [6.45, 7) is 9.50. The van der Waals surface area contributed by atoms with Gasteiger partial charge in [-0.2, -0.15) is 5.26 Å². The molecule has 13 aromatic rings. The number of nitrogens with zero attached hydrogens (tertiary/aromatic N) is 4. The van der Waals surface area contributed by atoms with Crippen LogP contribution >= 0.6 is 22.7 Å². The Kier molecular flexibility index (Phi) is 8.80. The second kappa shape index (κ2) is 15.3. The van der Waals surface area contributed by atoms with Crippen LogP contribution in [0.15, 0.2) is 176 Å². The summed E-state index contributed by atoms with van der Waals surface area (Å²) in [5.41, 5.74) is 11.5. The van der Waals surface area contributed by atoms with Crippen molar-refractivity contribution in [2.45, 2.75) is 38.0 Å². The Bertz CT molecular complexity index is 4190. The van der Waals surface area contributed by atoms with Crippen molar-refractivity contribution in [3.05, 3.63) is 198 Å². The van der Waals surface area contributed by atoms with Gasteiger partial charge in [0.25, 0.3) is 0 Å². The molecule has 1 aliphatic rings. The zero-order chi connectivity index (χ0) is 45.0. The van der Waals surface area contributed by atoms with Crippen molar-refractivity contribution in [1.29, 1.82) is 5.26 Å². The van der Waals surface area contributed by atoms with Crippen molar-refractivity contribution >= 4 is 112 Å². The van der Waals surface area contributed by atoms with Gasteiger partial charge < -0.3 is 9.13 Å². The van der Waals surface area contributed by atoms with Gasteiger partial charge in [-0.15, -0.1) is 22.7 Å². The van der Waals surface area contributed by atoms with E-state index in [-0.39, 0.29) is 0 Å². The van der Waals surface area contributed by atoms with Crippen LogP contribution in [0.25, 0.3) is 122 Å². The first-order valence-corrected chi connectivity index (χ1v) is 25.2. The number of aromatic nitrogens is 2. The molecule has 0 aliphatic heterocycles. The van der Waals surface area contributed by atoms with E-state index in [0.29, 0.717) is 22.7 Å². The highest BCUT2D eigenvalue weighted by atomic mass is 32.1. The van der Waals surface area contributed by atoms with Crippen LogP contribution in [0.1, 0.15) is 49.1 Å². The second-order valence-corrected chi connectivity index (χ2v) is 20.4. The van der Waals surface area contributed by atoms with Crippen molar-refractivity contribution in [3.8, 4) is 39.7 Å². The molecule has 0 radical (unpaired) electrons. The Balaban J connectivity index is 1.30. The van der Waals surface area contributed by atoms with Gasteiger partial charge in [0.15, 0.2) is 0 Å². The Morgan fingerprint density at radius 3 is 1.59 bits per heavy atom. The molecule has 0 bridgehead atoms. The van der Waals surface area contributed by atoms with E-state index in [0.717, 1.165) is 79.1 Å². The van der Waals surface area contributed by atoms with Crippen LogP contribution in [0.5, 0.6) is 0 Å². The van der Waals surface area contributed by atoms with Gasteiger partial charge in [0, 0.05) is 63.6 Å². The van der Waals surface area contributed by atoms with Gasteiger partial charge in [0.05, 0.1) is 55.0 Å². The third-order valence-electron chi connectivity index (χ3n) is 14.8. The molecule has 0 N–H and O–H groups in total. The Morgan fingerprint density at radius 2 is 0.985 bits per heavy atom. The van der Waals surface area contributed by atoms with Crippen molar-refractivity contribution in [2.75, 3.05) is 0 Å². The number of para-hydroxylation sites is 2. The molecule has 14 rings (SSSR count). The predicted octanol–water partition coefficient (Wildman–Crippen LogP) is 18.4. The van der Waals surface area contributed by atoms with Gasteiger partial charge in [0.1, 0.15) is 6.07 Å². The van der Waals surface area contributed by atoms with Crippen molar-refractivity contribution < 1.29 is 0 Å². The van der Waals surface area contributed by atoms with E-state index in [9.17, 15) is 11.8 Å². The average Bonchev–Trinajstić information content (AvgIpc) is 4.16. The summed E-state index contributed by atoms with van der Waals surface area (Å²) >= 11 is 3.64. The van der Waals surface area contributed by atoms with E-state index in [1.165, 1.54) is 70.6 Å².